The minimum Gasteiger partial charge on any atom is -0.496 e. The van der Waals surface area contributed by atoms with E-state index in [1.807, 2.05) is 0 Å². The van der Waals surface area contributed by atoms with Crippen LogP contribution < -0.4 is 10.1 Å². The Hall–Kier alpha value is -2.82. The van der Waals surface area contributed by atoms with Gasteiger partial charge in [-0.05, 0) is 61.2 Å². The maximum absolute atomic E-state index is 13.6. The fourth-order valence-electron chi connectivity index (χ4n) is 4.37. The fraction of sp³-hybridized carbons (Fsp3) is 0.375. The monoisotopic (exact) mass is 553 g/mol. The molecule has 1 N–H and O–H groups in total. The molecule has 0 radical (unpaired) electrons. The lowest BCUT2D eigenvalue weighted by atomic mass is 9.98. The number of halogens is 2. The number of likely N-dealkylation sites (tertiary alicyclic amines) is 1. The lowest BCUT2D eigenvalue weighted by molar-refractivity contribution is -0.131. The molecule has 0 aromatic heterocycles. The summed E-state index contributed by atoms with van der Waals surface area (Å²) in [6.07, 6.45) is 1.81. The highest BCUT2D eigenvalue weighted by Gasteiger charge is 2.39. The average Bonchev–Trinajstić information content (AvgIpc) is 3.35. The van der Waals surface area contributed by atoms with Crippen molar-refractivity contribution in [3.63, 3.8) is 0 Å². The SMILES string of the molecule is COc1ccc(Cl)cc1CC1CNC(=O)CN(S(=O)(=O)c2ccc(Cl)c(C(=O)N3CCCC3)c2)C1=O. The molecule has 192 valence electrons. The lowest BCUT2D eigenvalue weighted by Crippen LogP contribution is -2.42. The number of amides is 3. The van der Waals surface area contributed by atoms with Crippen LogP contribution in [-0.4, -0.2) is 68.6 Å². The zero-order valence-electron chi connectivity index (χ0n) is 19.5. The van der Waals surface area contributed by atoms with Crippen LogP contribution in [0.1, 0.15) is 28.8 Å². The van der Waals surface area contributed by atoms with Gasteiger partial charge in [-0.25, -0.2) is 12.7 Å². The zero-order valence-corrected chi connectivity index (χ0v) is 21.8. The molecule has 2 aromatic carbocycles. The Balaban J connectivity index is 1.67. The van der Waals surface area contributed by atoms with Gasteiger partial charge in [-0.15, -0.1) is 0 Å². The number of nitrogens with one attached hydrogen (secondary N) is 1. The van der Waals surface area contributed by atoms with Crippen molar-refractivity contribution in [3.05, 3.63) is 57.6 Å². The number of sulfonamides is 1. The Bertz CT molecular complexity index is 1310. The molecule has 0 spiro atoms. The molecule has 1 unspecified atom stereocenters. The van der Waals surface area contributed by atoms with Crippen LogP contribution in [0, 0.1) is 5.92 Å². The highest BCUT2D eigenvalue weighted by molar-refractivity contribution is 7.89. The van der Waals surface area contributed by atoms with Crippen molar-refractivity contribution in [1.29, 1.82) is 0 Å². The summed E-state index contributed by atoms with van der Waals surface area (Å²) in [7, 11) is -3.00. The number of carbonyl (C=O) groups is 3. The van der Waals surface area contributed by atoms with Gasteiger partial charge in [0.05, 0.1) is 28.5 Å². The van der Waals surface area contributed by atoms with Crippen LogP contribution in [0.4, 0.5) is 0 Å². The van der Waals surface area contributed by atoms with E-state index >= 15 is 0 Å². The zero-order chi connectivity index (χ0) is 26.0. The number of hydrogen-bond donors (Lipinski definition) is 1. The lowest BCUT2D eigenvalue weighted by Gasteiger charge is -2.24. The van der Waals surface area contributed by atoms with Crippen molar-refractivity contribution < 1.29 is 27.5 Å². The van der Waals surface area contributed by atoms with Gasteiger partial charge in [0.25, 0.3) is 15.9 Å². The molecule has 2 saturated heterocycles. The molecule has 36 heavy (non-hydrogen) atoms. The highest BCUT2D eigenvalue weighted by atomic mass is 35.5. The minimum atomic E-state index is -4.48. The van der Waals surface area contributed by atoms with Crippen LogP contribution in [0.3, 0.4) is 0 Å². The van der Waals surface area contributed by atoms with Crippen molar-refractivity contribution in [1.82, 2.24) is 14.5 Å². The summed E-state index contributed by atoms with van der Waals surface area (Å²) in [5, 5.41) is 3.14. The van der Waals surface area contributed by atoms with Gasteiger partial charge in [0.1, 0.15) is 12.3 Å². The Morgan fingerprint density at radius 1 is 1.11 bits per heavy atom. The molecular weight excluding hydrogens is 529 g/mol. The van der Waals surface area contributed by atoms with Crippen LogP contribution in [0.2, 0.25) is 10.0 Å². The Morgan fingerprint density at radius 3 is 2.53 bits per heavy atom. The van der Waals surface area contributed by atoms with Crippen LogP contribution >= 0.6 is 23.2 Å². The van der Waals surface area contributed by atoms with Crippen molar-refractivity contribution >= 4 is 50.9 Å². The van der Waals surface area contributed by atoms with Gasteiger partial charge in [0, 0.05) is 24.7 Å². The molecule has 2 fully saturated rings. The molecule has 4 rings (SSSR count). The summed E-state index contributed by atoms with van der Waals surface area (Å²) >= 11 is 12.3. The van der Waals surface area contributed by atoms with E-state index in [4.69, 9.17) is 27.9 Å². The Morgan fingerprint density at radius 2 is 1.83 bits per heavy atom. The normalized spacial score (nSPS) is 18.7. The summed E-state index contributed by atoms with van der Waals surface area (Å²) in [5.41, 5.74) is 0.633. The Labute approximate surface area is 219 Å². The second-order valence-electron chi connectivity index (χ2n) is 8.65. The molecule has 2 aliphatic heterocycles. The molecule has 0 bridgehead atoms. The summed E-state index contributed by atoms with van der Waals surface area (Å²) in [5.74, 6) is -2.15. The predicted molar refractivity (Wildman–Crippen MR) is 134 cm³/mol. The molecule has 9 nitrogen and oxygen atoms in total. The molecule has 2 aliphatic rings. The first-order valence-corrected chi connectivity index (χ1v) is 13.6. The maximum atomic E-state index is 13.6. The van der Waals surface area contributed by atoms with Crippen molar-refractivity contribution in [3.8, 4) is 5.75 Å². The number of benzene rings is 2. The average molecular weight is 554 g/mol. The molecule has 0 aliphatic carbocycles. The quantitative estimate of drug-likeness (QED) is 0.588. The van der Waals surface area contributed by atoms with Gasteiger partial charge < -0.3 is 15.0 Å². The van der Waals surface area contributed by atoms with Crippen LogP contribution in [-0.2, 0) is 26.0 Å². The summed E-state index contributed by atoms with van der Waals surface area (Å²) in [6.45, 7) is 0.387. The van der Waals surface area contributed by atoms with E-state index < -0.39 is 34.3 Å². The second-order valence-corrected chi connectivity index (χ2v) is 11.4. The van der Waals surface area contributed by atoms with Gasteiger partial charge in [-0.2, -0.15) is 0 Å². The van der Waals surface area contributed by atoms with E-state index in [2.05, 4.69) is 5.32 Å². The first kappa shape index (κ1) is 26.2. The molecule has 0 saturated carbocycles. The van der Waals surface area contributed by atoms with E-state index in [1.54, 1.807) is 23.1 Å². The fourth-order valence-corrected chi connectivity index (χ4v) is 6.20. The smallest absolute Gasteiger partial charge is 0.267 e. The molecule has 2 aromatic rings. The van der Waals surface area contributed by atoms with Gasteiger partial charge >= 0.3 is 0 Å². The number of methoxy groups -OCH3 is 1. The topological polar surface area (TPSA) is 113 Å². The third-order valence-corrected chi connectivity index (χ3v) is 8.59. The molecule has 3 amide bonds. The van der Waals surface area contributed by atoms with E-state index in [0.29, 0.717) is 33.7 Å². The van der Waals surface area contributed by atoms with E-state index in [-0.39, 0.29) is 34.4 Å². The standard InChI is InChI=1S/C24H25Cl2N3O6S/c1-35-21-7-4-17(25)11-15(21)10-16-13-27-22(30)14-29(23(16)31)36(33,34)18-5-6-20(26)19(12-18)24(32)28-8-2-3-9-28/h4-7,11-12,16H,2-3,8-10,13-14H2,1H3,(H,27,30). The first-order chi connectivity index (χ1) is 17.1. The number of nitrogens with zero attached hydrogens (tertiary/aromatic N) is 2. The van der Waals surface area contributed by atoms with Gasteiger partial charge in [0.2, 0.25) is 11.8 Å². The minimum absolute atomic E-state index is 0.0339. The summed E-state index contributed by atoms with van der Waals surface area (Å²) in [4.78, 5) is 40.1. The number of rotatable bonds is 6. The molecule has 12 heteroatoms. The van der Waals surface area contributed by atoms with E-state index in [0.717, 1.165) is 12.8 Å². The summed E-state index contributed by atoms with van der Waals surface area (Å²) < 4.78 is 33.1. The maximum Gasteiger partial charge on any atom is 0.267 e. The van der Waals surface area contributed by atoms with Crippen LogP contribution in [0.5, 0.6) is 5.75 Å². The third-order valence-electron chi connectivity index (χ3n) is 6.29. The van der Waals surface area contributed by atoms with Gasteiger partial charge in [-0.3, -0.25) is 14.4 Å². The van der Waals surface area contributed by atoms with E-state index in [9.17, 15) is 22.8 Å². The third kappa shape index (κ3) is 5.30. The van der Waals surface area contributed by atoms with Gasteiger partial charge in [0.15, 0.2) is 0 Å². The number of carbonyl (C=O) groups excluding carboxylic acids is 3. The van der Waals surface area contributed by atoms with Crippen LogP contribution in [0.25, 0.3) is 0 Å². The molecule has 2 heterocycles. The summed E-state index contributed by atoms with van der Waals surface area (Å²) in [6, 6.07) is 8.63. The first-order valence-electron chi connectivity index (χ1n) is 11.4. The van der Waals surface area contributed by atoms with Crippen molar-refractivity contribution in [2.45, 2.75) is 24.2 Å². The van der Waals surface area contributed by atoms with Crippen LogP contribution in [0.15, 0.2) is 41.3 Å². The largest absolute Gasteiger partial charge is 0.496 e. The Kier molecular flexibility index (Phi) is 7.77. The molecule has 1 atom stereocenters. The highest BCUT2D eigenvalue weighted by Crippen LogP contribution is 2.29. The number of hydrogen-bond acceptors (Lipinski definition) is 6. The van der Waals surface area contributed by atoms with E-state index in [1.165, 1.54) is 25.3 Å². The van der Waals surface area contributed by atoms with Crippen molar-refractivity contribution in [2.24, 2.45) is 5.92 Å². The van der Waals surface area contributed by atoms with Gasteiger partial charge in [-0.1, -0.05) is 23.2 Å². The van der Waals surface area contributed by atoms with Crippen molar-refractivity contribution in [2.75, 3.05) is 33.3 Å². The predicted octanol–water partition coefficient (Wildman–Crippen LogP) is 2.74. The number of ether oxygens (including phenoxy) is 1. The second kappa shape index (κ2) is 10.7. The molecular formula is C24H25Cl2N3O6S.